The summed E-state index contributed by atoms with van der Waals surface area (Å²) in [5.41, 5.74) is 0.0333. The van der Waals surface area contributed by atoms with Crippen molar-refractivity contribution in [2.45, 2.75) is 14.7 Å². The highest BCUT2D eigenvalue weighted by Gasteiger charge is 2.31. The molecule has 0 N–H and O–H groups in total. The smallest absolute Gasteiger partial charge is 0.196 e. The zero-order valence-corrected chi connectivity index (χ0v) is 27.2. The van der Waals surface area contributed by atoms with Crippen LogP contribution in [0.1, 0.15) is 0 Å². The maximum atomic E-state index is 13.8. The first-order chi connectivity index (χ1) is 22.5. The SMILES string of the molecule is O=c1c2ccccc2sc2ccc([S+](c3ccc4sc5ccccc5c(=O)c4c3)c3ccc4sc5ccccc5c(=O)c4c3)cc12. The van der Waals surface area contributed by atoms with Gasteiger partial charge in [-0.15, -0.1) is 34.0 Å². The molecular weight excluding hydrogens is 645 g/mol. The molecule has 0 fully saturated rings. The van der Waals surface area contributed by atoms with E-state index in [2.05, 4.69) is 18.2 Å². The van der Waals surface area contributed by atoms with Crippen molar-refractivity contribution in [2.75, 3.05) is 0 Å². The van der Waals surface area contributed by atoms with Gasteiger partial charge >= 0.3 is 0 Å². The van der Waals surface area contributed by atoms with E-state index in [1.165, 1.54) is 0 Å². The summed E-state index contributed by atoms with van der Waals surface area (Å²) in [5, 5.41) is 4.16. The maximum Gasteiger partial charge on any atom is 0.196 e. The Morgan fingerprint density at radius 3 is 0.935 bits per heavy atom. The molecular formula is C39H21O3S4+. The third-order valence-electron chi connectivity index (χ3n) is 8.35. The van der Waals surface area contributed by atoms with Gasteiger partial charge in [0.05, 0.1) is 10.9 Å². The molecule has 6 aromatic carbocycles. The van der Waals surface area contributed by atoms with E-state index in [1.54, 1.807) is 34.0 Å². The van der Waals surface area contributed by atoms with Crippen molar-refractivity contribution in [3.05, 3.63) is 158 Å². The molecule has 7 heteroatoms. The van der Waals surface area contributed by atoms with Crippen LogP contribution in [-0.2, 0) is 10.9 Å². The molecule has 0 amide bonds. The second-order valence-electron chi connectivity index (χ2n) is 11.1. The van der Waals surface area contributed by atoms with E-state index < -0.39 is 10.9 Å². The first-order valence-electron chi connectivity index (χ1n) is 14.6. The number of rotatable bonds is 3. The van der Waals surface area contributed by atoms with Gasteiger partial charge in [0.25, 0.3) is 0 Å². The summed E-state index contributed by atoms with van der Waals surface area (Å²) < 4.78 is 5.67. The van der Waals surface area contributed by atoms with Gasteiger partial charge < -0.3 is 0 Å². The van der Waals surface area contributed by atoms with Crippen LogP contribution in [0.2, 0.25) is 0 Å². The summed E-state index contributed by atoms with van der Waals surface area (Å²) in [6, 6.07) is 41.6. The minimum Gasteiger partial charge on any atom is -0.288 e. The molecule has 0 radical (unpaired) electrons. The van der Waals surface area contributed by atoms with Crippen LogP contribution in [0.3, 0.4) is 0 Å². The fourth-order valence-corrected chi connectivity index (χ4v) is 11.4. The minimum atomic E-state index is -0.711. The highest BCUT2D eigenvalue weighted by Crippen LogP contribution is 2.38. The number of benzene rings is 6. The second-order valence-corrected chi connectivity index (χ2v) is 16.3. The summed E-state index contributed by atoms with van der Waals surface area (Å²) in [4.78, 5) is 44.1. The van der Waals surface area contributed by atoms with Crippen molar-refractivity contribution >= 4 is 105 Å². The summed E-state index contributed by atoms with van der Waals surface area (Å²) in [6.07, 6.45) is 0. The molecule has 9 rings (SSSR count). The highest BCUT2D eigenvalue weighted by atomic mass is 32.2. The van der Waals surface area contributed by atoms with Crippen LogP contribution in [0.5, 0.6) is 0 Å². The van der Waals surface area contributed by atoms with Crippen LogP contribution < -0.4 is 16.3 Å². The van der Waals surface area contributed by atoms with Crippen LogP contribution in [-0.4, -0.2) is 0 Å². The van der Waals surface area contributed by atoms with Crippen molar-refractivity contribution in [1.82, 2.24) is 0 Å². The van der Waals surface area contributed by atoms with E-state index in [-0.39, 0.29) is 16.3 Å². The van der Waals surface area contributed by atoms with Gasteiger partial charge in [-0.2, -0.15) is 0 Å². The Labute approximate surface area is 276 Å². The minimum absolute atomic E-state index is 0.0111. The molecule has 0 bridgehead atoms. The van der Waals surface area contributed by atoms with Crippen LogP contribution >= 0.6 is 34.0 Å². The van der Waals surface area contributed by atoms with E-state index in [1.807, 2.05) is 109 Å². The van der Waals surface area contributed by atoms with Crippen LogP contribution in [0, 0.1) is 0 Å². The Hall–Kier alpha value is -4.66. The molecule has 0 aliphatic rings. The lowest BCUT2D eigenvalue weighted by molar-refractivity contribution is 1.35. The number of fused-ring (bicyclic) bond motifs is 6. The molecule has 3 heterocycles. The number of hydrogen-bond acceptors (Lipinski definition) is 6. The van der Waals surface area contributed by atoms with Crippen molar-refractivity contribution in [1.29, 1.82) is 0 Å². The standard InChI is InChI=1S/C39H21O3S4/c40-37-25-7-1-4-10-31(25)43-34-16-13-22(19-28(34)37)46(23-14-17-35-29(20-23)38(41)26-8-2-5-11-32(26)44-35)24-15-18-36-30(21-24)39(42)27-9-3-6-12-33(27)45-36/h1-21H/q+1. The third-order valence-corrected chi connectivity index (χ3v) is 14.0. The molecule has 9 aromatic rings. The van der Waals surface area contributed by atoms with Gasteiger partial charge in [0.1, 0.15) is 0 Å². The van der Waals surface area contributed by atoms with E-state index in [4.69, 9.17) is 0 Å². The summed E-state index contributed by atoms with van der Waals surface area (Å²) >= 11 is 4.83. The molecule has 3 nitrogen and oxygen atoms in total. The first-order valence-corrected chi connectivity index (χ1v) is 18.3. The van der Waals surface area contributed by atoms with Crippen LogP contribution in [0.4, 0.5) is 0 Å². The van der Waals surface area contributed by atoms with E-state index in [9.17, 15) is 14.4 Å². The Bertz CT molecular complexity index is 2590. The van der Waals surface area contributed by atoms with Gasteiger partial charge in [0, 0.05) is 78.7 Å². The normalized spacial score (nSPS) is 11.9. The summed E-state index contributed by atoms with van der Waals surface area (Å²) in [7, 11) is -0.711. The molecule has 46 heavy (non-hydrogen) atoms. The maximum absolute atomic E-state index is 13.8. The number of hydrogen-bond donors (Lipinski definition) is 0. The Morgan fingerprint density at radius 1 is 0.326 bits per heavy atom. The van der Waals surface area contributed by atoms with Gasteiger partial charge in [-0.3, -0.25) is 14.4 Å². The zero-order chi connectivity index (χ0) is 30.9. The first kappa shape index (κ1) is 27.6. The Morgan fingerprint density at radius 2 is 0.609 bits per heavy atom. The predicted octanol–water partition coefficient (Wildman–Crippen LogP) is 9.97. The average molecular weight is 666 g/mol. The van der Waals surface area contributed by atoms with Crippen LogP contribution in [0.25, 0.3) is 60.5 Å². The average Bonchev–Trinajstić information content (AvgIpc) is 3.09. The lowest BCUT2D eigenvalue weighted by atomic mass is 10.2. The van der Waals surface area contributed by atoms with Crippen molar-refractivity contribution in [2.24, 2.45) is 0 Å². The Kier molecular flexibility index (Phi) is 6.44. The molecule has 0 spiro atoms. The molecule has 0 unspecified atom stereocenters. The predicted molar refractivity (Wildman–Crippen MR) is 199 cm³/mol. The van der Waals surface area contributed by atoms with Crippen molar-refractivity contribution in [3.8, 4) is 0 Å². The van der Waals surface area contributed by atoms with Crippen molar-refractivity contribution in [3.63, 3.8) is 0 Å². The molecule has 3 aromatic heterocycles. The van der Waals surface area contributed by atoms with E-state index >= 15 is 0 Å². The summed E-state index contributed by atoms with van der Waals surface area (Å²) in [5.74, 6) is 0. The zero-order valence-electron chi connectivity index (χ0n) is 24.0. The monoisotopic (exact) mass is 665 g/mol. The Balaban J connectivity index is 1.33. The van der Waals surface area contributed by atoms with E-state index in [0.717, 1.165) is 42.9 Å². The lowest BCUT2D eigenvalue weighted by Gasteiger charge is -2.11. The van der Waals surface area contributed by atoms with Gasteiger partial charge in [0.2, 0.25) is 0 Å². The topological polar surface area (TPSA) is 51.2 Å². The van der Waals surface area contributed by atoms with Gasteiger partial charge in [-0.1, -0.05) is 36.4 Å². The third kappa shape index (κ3) is 4.35. The largest absolute Gasteiger partial charge is 0.288 e. The fourth-order valence-electron chi connectivity index (χ4n) is 6.14. The molecule has 0 aliphatic heterocycles. The lowest BCUT2D eigenvalue weighted by Crippen LogP contribution is -2.09. The van der Waals surface area contributed by atoms with Gasteiger partial charge in [-0.05, 0) is 72.8 Å². The van der Waals surface area contributed by atoms with Gasteiger partial charge in [0.15, 0.2) is 31.0 Å². The van der Waals surface area contributed by atoms with Gasteiger partial charge in [-0.25, -0.2) is 0 Å². The molecule has 0 aliphatic carbocycles. The summed E-state index contributed by atoms with van der Waals surface area (Å²) in [6.45, 7) is 0. The molecule has 0 saturated heterocycles. The van der Waals surface area contributed by atoms with Crippen molar-refractivity contribution < 1.29 is 0 Å². The van der Waals surface area contributed by atoms with Crippen LogP contribution in [0.15, 0.2) is 156 Å². The molecule has 218 valence electrons. The molecule has 0 saturated carbocycles. The highest BCUT2D eigenvalue weighted by molar-refractivity contribution is 7.97. The fraction of sp³-hybridized carbons (Fsp3) is 0. The van der Waals surface area contributed by atoms with E-state index in [0.29, 0.717) is 32.3 Å². The second kappa shape index (κ2) is 10.7. The quantitative estimate of drug-likeness (QED) is 0.139. The molecule has 0 atom stereocenters.